The van der Waals surface area contributed by atoms with Crippen LogP contribution in [0.2, 0.25) is 0 Å². The van der Waals surface area contributed by atoms with Crippen molar-refractivity contribution in [2.24, 2.45) is 0 Å². The number of aliphatic hydroxyl groups is 1. The van der Waals surface area contributed by atoms with Gasteiger partial charge in [-0.25, -0.2) is 8.42 Å². The Kier molecular flexibility index (Phi) is 4.28. The van der Waals surface area contributed by atoms with E-state index in [1.807, 2.05) is 0 Å². The number of hydrogen-bond acceptors (Lipinski definition) is 6. The lowest BCUT2D eigenvalue weighted by molar-refractivity contribution is 0.132. The van der Waals surface area contributed by atoms with Crippen molar-refractivity contribution in [1.29, 1.82) is 0 Å². The van der Waals surface area contributed by atoms with Crippen LogP contribution in [0.15, 0.2) is 9.42 Å². The Morgan fingerprint density at radius 2 is 1.86 bits per heavy atom. The molecule has 1 N–H and O–H groups in total. The molecule has 1 aromatic rings. The molecule has 0 spiro atoms. The Bertz CT molecular complexity index is 615. The predicted molar refractivity (Wildman–Crippen MR) is 80.0 cm³/mol. The Morgan fingerprint density at radius 3 is 2.36 bits per heavy atom. The van der Waals surface area contributed by atoms with Crippen molar-refractivity contribution in [3.05, 3.63) is 11.5 Å². The van der Waals surface area contributed by atoms with E-state index < -0.39 is 10.0 Å². The smallest absolute Gasteiger partial charge is 0.248 e. The molecular weight excluding hydrogens is 306 g/mol. The van der Waals surface area contributed by atoms with Crippen LogP contribution >= 0.6 is 0 Å². The maximum absolute atomic E-state index is 12.7. The van der Waals surface area contributed by atoms with Gasteiger partial charge in [-0.15, -0.1) is 0 Å². The molecule has 8 heteroatoms. The van der Waals surface area contributed by atoms with Gasteiger partial charge in [0.05, 0.1) is 6.10 Å². The van der Waals surface area contributed by atoms with Gasteiger partial charge in [0.2, 0.25) is 10.0 Å². The Balaban J connectivity index is 1.68. The van der Waals surface area contributed by atoms with E-state index in [9.17, 15) is 13.5 Å². The lowest BCUT2D eigenvalue weighted by Gasteiger charge is -2.35. The van der Waals surface area contributed by atoms with E-state index in [1.54, 1.807) is 13.8 Å². The summed E-state index contributed by atoms with van der Waals surface area (Å²) in [6, 6.07) is 0.369. The number of aliphatic hydroxyl groups excluding tert-OH is 1. The SMILES string of the molecule is Cc1noc(C)c1S(=O)(=O)N1CCC(N2CCC(O)C2)CC1. The highest BCUT2D eigenvalue weighted by molar-refractivity contribution is 7.89. The number of sulfonamides is 1. The summed E-state index contributed by atoms with van der Waals surface area (Å²) >= 11 is 0. The van der Waals surface area contributed by atoms with Gasteiger partial charge in [0, 0.05) is 32.2 Å². The number of nitrogens with zero attached hydrogens (tertiary/aromatic N) is 3. The van der Waals surface area contributed by atoms with Crippen LogP contribution in [0, 0.1) is 13.8 Å². The molecule has 2 aliphatic heterocycles. The number of rotatable bonds is 3. The highest BCUT2D eigenvalue weighted by atomic mass is 32.2. The van der Waals surface area contributed by atoms with Gasteiger partial charge in [0.1, 0.15) is 10.6 Å². The number of hydrogen-bond donors (Lipinski definition) is 1. The molecule has 0 aliphatic carbocycles. The molecule has 2 fully saturated rings. The summed E-state index contributed by atoms with van der Waals surface area (Å²) in [5.41, 5.74) is 0.419. The van der Waals surface area contributed by atoms with Gasteiger partial charge in [0.25, 0.3) is 0 Å². The Morgan fingerprint density at radius 1 is 1.18 bits per heavy atom. The van der Waals surface area contributed by atoms with Crippen LogP contribution in [0.3, 0.4) is 0 Å². The molecule has 1 atom stereocenters. The van der Waals surface area contributed by atoms with Crippen LogP contribution in [0.25, 0.3) is 0 Å². The average Bonchev–Trinajstić information content (AvgIpc) is 3.05. The molecule has 22 heavy (non-hydrogen) atoms. The van der Waals surface area contributed by atoms with E-state index >= 15 is 0 Å². The van der Waals surface area contributed by atoms with E-state index in [-0.39, 0.29) is 11.0 Å². The van der Waals surface area contributed by atoms with E-state index in [2.05, 4.69) is 10.1 Å². The summed E-state index contributed by atoms with van der Waals surface area (Å²) in [5, 5.41) is 13.4. The third kappa shape index (κ3) is 2.80. The van der Waals surface area contributed by atoms with Crippen molar-refractivity contribution in [3.63, 3.8) is 0 Å². The van der Waals surface area contributed by atoms with Gasteiger partial charge >= 0.3 is 0 Å². The maximum atomic E-state index is 12.7. The third-order valence-electron chi connectivity index (χ3n) is 4.70. The van der Waals surface area contributed by atoms with Gasteiger partial charge in [0.15, 0.2) is 5.76 Å². The fourth-order valence-corrected chi connectivity index (χ4v) is 5.28. The molecule has 0 saturated carbocycles. The van der Waals surface area contributed by atoms with Gasteiger partial charge in [-0.05, 0) is 33.1 Å². The monoisotopic (exact) mass is 329 g/mol. The van der Waals surface area contributed by atoms with Crippen LogP contribution < -0.4 is 0 Å². The molecule has 0 radical (unpaired) electrons. The van der Waals surface area contributed by atoms with Crippen molar-refractivity contribution in [3.8, 4) is 0 Å². The van der Waals surface area contributed by atoms with E-state index in [4.69, 9.17) is 4.52 Å². The molecule has 1 aromatic heterocycles. The summed E-state index contributed by atoms with van der Waals surface area (Å²) in [7, 11) is -3.53. The van der Waals surface area contributed by atoms with Gasteiger partial charge < -0.3 is 9.63 Å². The normalized spacial score (nSPS) is 25.9. The summed E-state index contributed by atoms with van der Waals surface area (Å²) in [4.78, 5) is 2.49. The zero-order valence-electron chi connectivity index (χ0n) is 13.0. The molecular formula is C14H23N3O4S. The van der Waals surface area contributed by atoms with Crippen LogP contribution in [0.4, 0.5) is 0 Å². The predicted octanol–water partition coefficient (Wildman–Crippen LogP) is 0.511. The molecule has 0 aromatic carbocycles. The van der Waals surface area contributed by atoms with E-state index in [0.717, 1.165) is 25.8 Å². The van der Waals surface area contributed by atoms with E-state index in [1.165, 1.54) is 4.31 Å². The minimum absolute atomic E-state index is 0.211. The molecule has 0 bridgehead atoms. The van der Waals surface area contributed by atoms with Gasteiger partial charge in [-0.1, -0.05) is 5.16 Å². The largest absolute Gasteiger partial charge is 0.392 e. The molecule has 2 aliphatic rings. The van der Waals surface area contributed by atoms with Crippen molar-refractivity contribution in [2.45, 2.75) is 50.2 Å². The number of likely N-dealkylation sites (tertiary alicyclic amines) is 1. The van der Waals surface area contributed by atoms with Crippen molar-refractivity contribution >= 4 is 10.0 Å². The van der Waals surface area contributed by atoms with Crippen molar-refractivity contribution in [1.82, 2.24) is 14.4 Å². The number of piperidine rings is 1. The second kappa shape index (κ2) is 5.92. The maximum Gasteiger partial charge on any atom is 0.248 e. The highest BCUT2D eigenvalue weighted by Crippen LogP contribution is 2.28. The molecule has 3 rings (SSSR count). The first kappa shape index (κ1) is 15.9. The van der Waals surface area contributed by atoms with Crippen LogP contribution in [0.1, 0.15) is 30.7 Å². The summed E-state index contributed by atoms with van der Waals surface area (Å²) in [5.74, 6) is 0.349. The van der Waals surface area contributed by atoms with Crippen LogP contribution in [-0.4, -0.2) is 66.2 Å². The van der Waals surface area contributed by atoms with Gasteiger partial charge in [-0.3, -0.25) is 4.90 Å². The molecule has 2 saturated heterocycles. The second-order valence-electron chi connectivity index (χ2n) is 6.23. The summed E-state index contributed by atoms with van der Waals surface area (Å²) < 4.78 is 32.0. The lowest BCUT2D eigenvalue weighted by Crippen LogP contribution is -2.46. The minimum atomic E-state index is -3.53. The van der Waals surface area contributed by atoms with Gasteiger partial charge in [-0.2, -0.15) is 4.31 Å². The fourth-order valence-electron chi connectivity index (χ4n) is 3.52. The molecule has 7 nitrogen and oxygen atoms in total. The fraction of sp³-hybridized carbons (Fsp3) is 0.786. The first-order valence-electron chi connectivity index (χ1n) is 7.74. The lowest BCUT2D eigenvalue weighted by atomic mass is 10.1. The Hall–Kier alpha value is -0.960. The molecule has 124 valence electrons. The first-order valence-corrected chi connectivity index (χ1v) is 9.18. The number of β-amino-alcohol motifs (C(OH)–C–C–N with tert-alkyl or cyclic N) is 1. The zero-order chi connectivity index (χ0) is 15.9. The van der Waals surface area contributed by atoms with E-state index in [0.29, 0.717) is 37.1 Å². The minimum Gasteiger partial charge on any atom is -0.392 e. The second-order valence-corrected chi connectivity index (χ2v) is 8.10. The Labute approximate surface area is 130 Å². The quantitative estimate of drug-likeness (QED) is 0.869. The first-order chi connectivity index (χ1) is 10.4. The van der Waals surface area contributed by atoms with Crippen LogP contribution in [-0.2, 0) is 10.0 Å². The summed E-state index contributed by atoms with van der Waals surface area (Å²) in [6.07, 6.45) is 2.19. The third-order valence-corrected chi connectivity index (χ3v) is 6.84. The van der Waals surface area contributed by atoms with Crippen molar-refractivity contribution in [2.75, 3.05) is 26.2 Å². The number of aromatic nitrogens is 1. The summed E-state index contributed by atoms with van der Waals surface area (Å²) in [6.45, 7) is 5.91. The molecule has 0 amide bonds. The van der Waals surface area contributed by atoms with Crippen molar-refractivity contribution < 1.29 is 18.0 Å². The average molecular weight is 329 g/mol. The highest BCUT2D eigenvalue weighted by Gasteiger charge is 2.36. The topological polar surface area (TPSA) is 86.9 Å². The number of aryl methyl sites for hydroxylation is 2. The standard InChI is InChI=1S/C14H23N3O4S/c1-10-14(11(2)21-15-10)22(19,20)17-7-3-12(4-8-17)16-6-5-13(18)9-16/h12-13,18H,3-9H2,1-2H3. The molecule has 1 unspecified atom stereocenters. The molecule has 3 heterocycles. The van der Waals surface area contributed by atoms with Crippen LogP contribution in [0.5, 0.6) is 0 Å². The zero-order valence-corrected chi connectivity index (χ0v) is 13.8.